The summed E-state index contributed by atoms with van der Waals surface area (Å²) in [5.41, 5.74) is 1.60. The summed E-state index contributed by atoms with van der Waals surface area (Å²) in [6.45, 7) is 0.245. The van der Waals surface area contributed by atoms with Crippen LogP contribution in [0.25, 0.3) is 0 Å². The SMILES string of the molecule is O=C(NCc1cccc([N+](=O)[O-])c1)NC(CCCO)c1ccccc1. The first kappa shape index (κ1) is 18.4. The summed E-state index contributed by atoms with van der Waals surface area (Å²) in [6, 6.07) is 15.1. The third-order valence-corrected chi connectivity index (χ3v) is 3.73. The van der Waals surface area contributed by atoms with Crippen LogP contribution in [-0.4, -0.2) is 22.7 Å². The molecule has 0 radical (unpaired) electrons. The van der Waals surface area contributed by atoms with Gasteiger partial charge in [0.2, 0.25) is 0 Å². The van der Waals surface area contributed by atoms with Crippen molar-refractivity contribution in [3.05, 3.63) is 75.8 Å². The van der Waals surface area contributed by atoms with Crippen molar-refractivity contribution in [2.24, 2.45) is 0 Å². The molecule has 3 N–H and O–H groups in total. The number of carbonyl (C=O) groups excluding carboxylic acids is 1. The van der Waals surface area contributed by atoms with E-state index >= 15 is 0 Å². The monoisotopic (exact) mass is 343 g/mol. The number of nitrogens with zero attached hydrogens (tertiary/aromatic N) is 1. The van der Waals surface area contributed by atoms with Gasteiger partial charge in [0, 0.05) is 25.3 Å². The van der Waals surface area contributed by atoms with E-state index in [0.717, 1.165) is 5.56 Å². The van der Waals surface area contributed by atoms with Gasteiger partial charge in [-0.15, -0.1) is 0 Å². The molecule has 0 heterocycles. The molecule has 0 aliphatic rings. The fourth-order valence-electron chi connectivity index (χ4n) is 2.47. The molecule has 0 aromatic heterocycles. The number of carbonyl (C=O) groups is 1. The Balaban J connectivity index is 1.94. The second-order valence-electron chi connectivity index (χ2n) is 5.58. The third kappa shape index (κ3) is 5.89. The lowest BCUT2D eigenvalue weighted by molar-refractivity contribution is -0.384. The lowest BCUT2D eigenvalue weighted by Gasteiger charge is -2.19. The quantitative estimate of drug-likeness (QED) is 0.506. The van der Waals surface area contributed by atoms with Crippen LogP contribution in [0, 0.1) is 10.1 Å². The predicted molar refractivity (Wildman–Crippen MR) is 94.0 cm³/mol. The van der Waals surface area contributed by atoms with E-state index in [1.165, 1.54) is 12.1 Å². The zero-order valence-corrected chi connectivity index (χ0v) is 13.7. The van der Waals surface area contributed by atoms with Crippen LogP contribution < -0.4 is 10.6 Å². The molecule has 0 aliphatic carbocycles. The molecule has 0 spiro atoms. The third-order valence-electron chi connectivity index (χ3n) is 3.73. The van der Waals surface area contributed by atoms with Gasteiger partial charge in [0.25, 0.3) is 5.69 Å². The van der Waals surface area contributed by atoms with Crippen LogP contribution in [0.1, 0.15) is 30.0 Å². The largest absolute Gasteiger partial charge is 0.396 e. The van der Waals surface area contributed by atoms with Crippen LogP contribution in [0.15, 0.2) is 54.6 Å². The minimum atomic E-state index is -0.468. The van der Waals surface area contributed by atoms with Gasteiger partial charge in [0.05, 0.1) is 11.0 Å². The van der Waals surface area contributed by atoms with Crippen molar-refractivity contribution in [2.45, 2.75) is 25.4 Å². The molecule has 2 aromatic carbocycles. The molecule has 0 fully saturated rings. The Morgan fingerprint density at radius 2 is 1.92 bits per heavy atom. The summed E-state index contributed by atoms with van der Waals surface area (Å²) in [4.78, 5) is 22.5. The van der Waals surface area contributed by atoms with Crippen LogP contribution >= 0.6 is 0 Å². The number of urea groups is 1. The predicted octanol–water partition coefficient (Wildman–Crippen LogP) is 2.91. The maximum absolute atomic E-state index is 12.2. The van der Waals surface area contributed by atoms with E-state index in [1.54, 1.807) is 12.1 Å². The van der Waals surface area contributed by atoms with Crippen LogP contribution in [0.4, 0.5) is 10.5 Å². The molecular formula is C18H21N3O4. The Hall–Kier alpha value is -2.93. The van der Waals surface area contributed by atoms with Crippen molar-refractivity contribution in [3.63, 3.8) is 0 Å². The highest BCUT2D eigenvalue weighted by molar-refractivity contribution is 5.74. The van der Waals surface area contributed by atoms with E-state index in [2.05, 4.69) is 10.6 Å². The summed E-state index contributed by atoms with van der Waals surface area (Å²) < 4.78 is 0. The van der Waals surface area contributed by atoms with E-state index in [0.29, 0.717) is 18.4 Å². The van der Waals surface area contributed by atoms with Gasteiger partial charge >= 0.3 is 6.03 Å². The Bertz CT molecular complexity index is 706. The highest BCUT2D eigenvalue weighted by Gasteiger charge is 2.14. The van der Waals surface area contributed by atoms with Gasteiger partial charge < -0.3 is 15.7 Å². The highest BCUT2D eigenvalue weighted by Crippen LogP contribution is 2.18. The normalized spacial score (nSPS) is 11.6. The topological polar surface area (TPSA) is 104 Å². The van der Waals surface area contributed by atoms with Gasteiger partial charge in [-0.05, 0) is 24.0 Å². The van der Waals surface area contributed by atoms with E-state index < -0.39 is 4.92 Å². The number of rotatable bonds is 8. The van der Waals surface area contributed by atoms with Crippen molar-refractivity contribution in [1.29, 1.82) is 0 Å². The average Bonchev–Trinajstić information content (AvgIpc) is 2.64. The smallest absolute Gasteiger partial charge is 0.315 e. The van der Waals surface area contributed by atoms with Crippen LogP contribution in [-0.2, 0) is 6.54 Å². The molecule has 2 aromatic rings. The minimum absolute atomic E-state index is 0.00943. The van der Waals surface area contributed by atoms with Gasteiger partial charge in [-0.2, -0.15) is 0 Å². The maximum Gasteiger partial charge on any atom is 0.315 e. The molecule has 7 heteroatoms. The Labute approximate surface area is 145 Å². The van der Waals surface area contributed by atoms with Gasteiger partial charge in [-0.25, -0.2) is 4.79 Å². The summed E-state index contributed by atoms with van der Waals surface area (Å²) in [6.07, 6.45) is 1.19. The number of hydrogen-bond donors (Lipinski definition) is 3. The second kappa shape index (κ2) is 9.39. The van der Waals surface area contributed by atoms with Crippen molar-refractivity contribution < 1.29 is 14.8 Å². The fraction of sp³-hybridized carbons (Fsp3) is 0.278. The Kier molecular flexibility index (Phi) is 6.91. The van der Waals surface area contributed by atoms with E-state index in [-0.39, 0.29) is 30.9 Å². The molecule has 0 saturated carbocycles. The summed E-state index contributed by atoms with van der Waals surface area (Å²) >= 11 is 0. The zero-order valence-electron chi connectivity index (χ0n) is 13.7. The van der Waals surface area contributed by atoms with Crippen molar-refractivity contribution in [3.8, 4) is 0 Å². The minimum Gasteiger partial charge on any atom is -0.396 e. The second-order valence-corrected chi connectivity index (χ2v) is 5.58. The van der Waals surface area contributed by atoms with Crippen molar-refractivity contribution in [1.82, 2.24) is 10.6 Å². The molecule has 1 atom stereocenters. The van der Waals surface area contributed by atoms with Gasteiger partial charge in [-0.1, -0.05) is 42.5 Å². The number of non-ortho nitro benzene ring substituents is 1. The number of nitro benzene ring substituents is 1. The Morgan fingerprint density at radius 3 is 2.60 bits per heavy atom. The summed E-state index contributed by atoms with van der Waals surface area (Å²) in [7, 11) is 0. The average molecular weight is 343 g/mol. The molecule has 7 nitrogen and oxygen atoms in total. The number of aliphatic hydroxyl groups excluding tert-OH is 1. The molecule has 132 valence electrons. The van der Waals surface area contributed by atoms with Crippen molar-refractivity contribution >= 4 is 11.7 Å². The molecular weight excluding hydrogens is 322 g/mol. The first-order valence-electron chi connectivity index (χ1n) is 8.03. The standard InChI is InChI=1S/C18H21N3O4/c22-11-5-10-17(15-7-2-1-3-8-15)20-18(23)19-13-14-6-4-9-16(12-14)21(24)25/h1-4,6-9,12,17,22H,5,10-11,13H2,(H2,19,20,23). The molecule has 2 amide bonds. The van der Waals surface area contributed by atoms with Gasteiger partial charge in [0.15, 0.2) is 0 Å². The van der Waals surface area contributed by atoms with Crippen LogP contribution in [0.3, 0.4) is 0 Å². The fourth-order valence-corrected chi connectivity index (χ4v) is 2.47. The number of amides is 2. The van der Waals surface area contributed by atoms with Crippen LogP contribution in [0.5, 0.6) is 0 Å². The van der Waals surface area contributed by atoms with E-state index in [9.17, 15) is 14.9 Å². The first-order chi connectivity index (χ1) is 12.1. The van der Waals surface area contributed by atoms with E-state index in [1.807, 2.05) is 30.3 Å². The molecule has 25 heavy (non-hydrogen) atoms. The number of nitro groups is 1. The molecule has 2 rings (SSSR count). The molecule has 0 aliphatic heterocycles. The summed E-state index contributed by atoms with van der Waals surface area (Å²) in [5.74, 6) is 0. The molecule has 1 unspecified atom stereocenters. The maximum atomic E-state index is 12.2. The van der Waals surface area contributed by atoms with Crippen LogP contribution in [0.2, 0.25) is 0 Å². The number of hydrogen-bond acceptors (Lipinski definition) is 4. The number of aliphatic hydroxyl groups is 1. The Morgan fingerprint density at radius 1 is 1.16 bits per heavy atom. The number of benzene rings is 2. The van der Waals surface area contributed by atoms with Gasteiger partial charge in [0.1, 0.15) is 0 Å². The lowest BCUT2D eigenvalue weighted by atomic mass is 10.0. The molecule has 0 bridgehead atoms. The summed E-state index contributed by atoms with van der Waals surface area (Å²) in [5, 5.41) is 25.4. The lowest BCUT2D eigenvalue weighted by Crippen LogP contribution is -2.37. The number of nitrogens with one attached hydrogen (secondary N) is 2. The van der Waals surface area contributed by atoms with E-state index in [4.69, 9.17) is 5.11 Å². The molecule has 0 saturated heterocycles. The zero-order chi connectivity index (χ0) is 18.1. The van der Waals surface area contributed by atoms with Gasteiger partial charge in [-0.3, -0.25) is 10.1 Å². The van der Waals surface area contributed by atoms with Crippen molar-refractivity contribution in [2.75, 3.05) is 6.61 Å². The first-order valence-corrected chi connectivity index (χ1v) is 8.03. The highest BCUT2D eigenvalue weighted by atomic mass is 16.6.